The zero-order valence-electron chi connectivity index (χ0n) is 17.1. The number of rotatable bonds is 9. The van der Waals surface area contributed by atoms with Crippen LogP contribution in [0.1, 0.15) is 43.6 Å². The number of hydrogen-bond acceptors (Lipinski definition) is 5. The molecule has 1 atom stereocenters. The van der Waals surface area contributed by atoms with Crippen molar-refractivity contribution in [1.29, 1.82) is 0 Å². The lowest BCUT2D eigenvalue weighted by Gasteiger charge is -2.19. The molecule has 1 unspecified atom stereocenters. The average Bonchev–Trinajstić information content (AvgIpc) is 3.09. The number of halogens is 1. The van der Waals surface area contributed by atoms with Gasteiger partial charge in [-0.2, -0.15) is 0 Å². The Morgan fingerprint density at radius 2 is 1.73 bits per heavy atom. The molecule has 1 aromatic heterocycles. The van der Waals surface area contributed by atoms with E-state index in [2.05, 4.69) is 28.8 Å². The van der Waals surface area contributed by atoms with Crippen molar-refractivity contribution in [3.8, 4) is 0 Å². The van der Waals surface area contributed by atoms with E-state index in [1.165, 1.54) is 12.1 Å². The van der Waals surface area contributed by atoms with Gasteiger partial charge in [0.25, 0.3) is 0 Å². The van der Waals surface area contributed by atoms with Crippen LogP contribution in [-0.4, -0.2) is 28.9 Å². The maximum Gasteiger partial charge on any atom is 0.241 e. The third kappa shape index (κ3) is 5.63. The van der Waals surface area contributed by atoms with Gasteiger partial charge in [0.05, 0.1) is 4.90 Å². The summed E-state index contributed by atoms with van der Waals surface area (Å²) in [5.41, 5.74) is 0.913. The molecular formula is C21H25ClN4O2S2. The molecule has 0 aliphatic heterocycles. The van der Waals surface area contributed by atoms with E-state index in [4.69, 9.17) is 11.6 Å². The SMILES string of the molecule is CC(C)c1nnc(SCCC(NS(=O)(=O)c2ccc(Cl)cc2)c2ccccc2)n1C. The number of sulfonamides is 1. The first-order valence-corrected chi connectivity index (χ1v) is 12.5. The van der Waals surface area contributed by atoms with Crippen LogP contribution in [-0.2, 0) is 17.1 Å². The molecule has 0 aliphatic rings. The summed E-state index contributed by atoms with van der Waals surface area (Å²) in [7, 11) is -1.73. The Morgan fingerprint density at radius 3 is 2.33 bits per heavy atom. The van der Waals surface area contributed by atoms with Crippen LogP contribution in [0.25, 0.3) is 0 Å². The first kappa shape index (κ1) is 22.8. The summed E-state index contributed by atoms with van der Waals surface area (Å²) in [6, 6.07) is 15.4. The van der Waals surface area contributed by atoms with Crippen LogP contribution < -0.4 is 4.72 Å². The molecule has 6 nitrogen and oxygen atoms in total. The molecular weight excluding hydrogens is 440 g/mol. The second kappa shape index (κ2) is 9.96. The number of benzene rings is 2. The average molecular weight is 465 g/mol. The fraction of sp³-hybridized carbons (Fsp3) is 0.333. The van der Waals surface area contributed by atoms with Crippen LogP contribution in [0.4, 0.5) is 0 Å². The molecule has 0 aliphatic carbocycles. The predicted octanol–water partition coefficient (Wildman–Crippen LogP) is 4.79. The number of nitrogens with zero attached hydrogens (tertiary/aromatic N) is 3. The molecule has 0 bridgehead atoms. The number of aromatic nitrogens is 3. The van der Waals surface area contributed by atoms with E-state index in [9.17, 15) is 8.42 Å². The maximum atomic E-state index is 12.9. The van der Waals surface area contributed by atoms with Gasteiger partial charge in [0.2, 0.25) is 10.0 Å². The summed E-state index contributed by atoms with van der Waals surface area (Å²) in [5.74, 6) is 1.91. The Bertz CT molecular complexity index is 1070. The van der Waals surface area contributed by atoms with Gasteiger partial charge < -0.3 is 4.57 Å². The van der Waals surface area contributed by atoms with Gasteiger partial charge in [0.15, 0.2) is 5.16 Å². The summed E-state index contributed by atoms with van der Waals surface area (Å²) in [4.78, 5) is 0.190. The van der Waals surface area contributed by atoms with E-state index in [0.717, 1.165) is 16.5 Å². The molecule has 0 spiro atoms. The zero-order chi connectivity index (χ0) is 21.7. The van der Waals surface area contributed by atoms with E-state index in [1.54, 1.807) is 23.9 Å². The highest BCUT2D eigenvalue weighted by Gasteiger charge is 2.22. The van der Waals surface area contributed by atoms with E-state index in [0.29, 0.717) is 23.1 Å². The highest BCUT2D eigenvalue weighted by atomic mass is 35.5. The summed E-state index contributed by atoms with van der Waals surface area (Å²) >= 11 is 7.46. The van der Waals surface area contributed by atoms with Crippen LogP contribution in [0.15, 0.2) is 64.6 Å². The highest BCUT2D eigenvalue weighted by Crippen LogP contribution is 2.26. The Morgan fingerprint density at radius 1 is 1.07 bits per heavy atom. The minimum Gasteiger partial charge on any atom is -0.309 e. The minimum absolute atomic E-state index is 0.190. The van der Waals surface area contributed by atoms with Crippen LogP contribution in [0, 0.1) is 0 Å². The first-order chi connectivity index (χ1) is 14.3. The number of nitrogens with one attached hydrogen (secondary N) is 1. The van der Waals surface area contributed by atoms with Gasteiger partial charge in [-0.25, -0.2) is 13.1 Å². The molecule has 2 aromatic carbocycles. The quantitative estimate of drug-likeness (QED) is 0.460. The monoisotopic (exact) mass is 464 g/mol. The van der Waals surface area contributed by atoms with Crippen LogP contribution in [0.5, 0.6) is 0 Å². The normalized spacial score (nSPS) is 13.0. The standard InChI is InChI=1S/C21H25ClN4O2S2/c1-15(2)20-23-24-21(26(20)3)29-14-13-19(16-7-5-4-6-8-16)25-30(27,28)18-11-9-17(22)10-12-18/h4-12,15,19,25H,13-14H2,1-3H3. The van der Waals surface area contributed by atoms with Gasteiger partial charge in [-0.05, 0) is 36.2 Å². The number of hydrogen-bond donors (Lipinski definition) is 1. The van der Waals surface area contributed by atoms with Crippen LogP contribution >= 0.6 is 23.4 Å². The minimum atomic E-state index is -3.69. The predicted molar refractivity (Wildman–Crippen MR) is 121 cm³/mol. The topological polar surface area (TPSA) is 76.9 Å². The third-order valence-corrected chi connectivity index (χ3v) is 7.44. The van der Waals surface area contributed by atoms with Crippen molar-refractivity contribution in [2.75, 3.05) is 5.75 Å². The molecule has 1 N–H and O–H groups in total. The van der Waals surface area contributed by atoms with E-state index < -0.39 is 10.0 Å². The maximum absolute atomic E-state index is 12.9. The molecule has 0 amide bonds. The second-order valence-electron chi connectivity index (χ2n) is 7.23. The highest BCUT2D eigenvalue weighted by molar-refractivity contribution is 7.99. The zero-order valence-corrected chi connectivity index (χ0v) is 19.5. The smallest absolute Gasteiger partial charge is 0.241 e. The van der Waals surface area contributed by atoms with Crippen molar-refractivity contribution in [2.24, 2.45) is 7.05 Å². The largest absolute Gasteiger partial charge is 0.309 e. The molecule has 0 saturated carbocycles. The van der Waals surface area contributed by atoms with Gasteiger partial charge in [-0.3, -0.25) is 0 Å². The van der Waals surface area contributed by atoms with E-state index in [1.807, 2.05) is 41.9 Å². The van der Waals surface area contributed by atoms with E-state index in [-0.39, 0.29) is 10.9 Å². The molecule has 3 rings (SSSR count). The Kier molecular flexibility index (Phi) is 7.57. The van der Waals surface area contributed by atoms with Gasteiger partial charge in [-0.1, -0.05) is 67.5 Å². The van der Waals surface area contributed by atoms with Gasteiger partial charge in [0, 0.05) is 29.8 Å². The molecule has 0 saturated heterocycles. The molecule has 1 heterocycles. The second-order valence-corrected chi connectivity index (χ2v) is 10.4. The fourth-order valence-electron chi connectivity index (χ4n) is 3.07. The van der Waals surface area contributed by atoms with Crippen LogP contribution in [0.2, 0.25) is 5.02 Å². The number of thioether (sulfide) groups is 1. The molecule has 160 valence electrons. The Labute approximate surface area is 187 Å². The summed E-state index contributed by atoms with van der Waals surface area (Å²) < 4.78 is 30.6. The van der Waals surface area contributed by atoms with Crippen molar-refractivity contribution in [2.45, 2.75) is 42.3 Å². The first-order valence-electron chi connectivity index (χ1n) is 9.63. The van der Waals surface area contributed by atoms with Crippen molar-refractivity contribution in [1.82, 2.24) is 19.5 Å². The molecule has 9 heteroatoms. The van der Waals surface area contributed by atoms with Crippen molar-refractivity contribution in [3.63, 3.8) is 0 Å². The summed E-state index contributed by atoms with van der Waals surface area (Å²) in [5, 5.41) is 9.83. The Balaban J connectivity index is 1.74. The molecule has 3 aromatic rings. The van der Waals surface area contributed by atoms with Crippen molar-refractivity contribution >= 4 is 33.4 Å². The summed E-state index contributed by atoms with van der Waals surface area (Å²) in [6.45, 7) is 4.16. The third-order valence-electron chi connectivity index (χ3n) is 4.65. The van der Waals surface area contributed by atoms with Crippen LogP contribution in [0.3, 0.4) is 0 Å². The lowest BCUT2D eigenvalue weighted by atomic mass is 10.1. The van der Waals surface area contributed by atoms with Gasteiger partial charge in [0.1, 0.15) is 5.82 Å². The Hall–Kier alpha value is -1.87. The fourth-order valence-corrected chi connectivity index (χ4v) is 5.38. The summed E-state index contributed by atoms with van der Waals surface area (Å²) in [6.07, 6.45) is 0.603. The van der Waals surface area contributed by atoms with Gasteiger partial charge >= 0.3 is 0 Å². The molecule has 0 fully saturated rings. The van der Waals surface area contributed by atoms with Crippen molar-refractivity contribution in [3.05, 3.63) is 71.0 Å². The van der Waals surface area contributed by atoms with E-state index >= 15 is 0 Å². The van der Waals surface area contributed by atoms with Gasteiger partial charge in [-0.15, -0.1) is 10.2 Å². The van der Waals surface area contributed by atoms with Crippen molar-refractivity contribution < 1.29 is 8.42 Å². The lowest BCUT2D eigenvalue weighted by molar-refractivity contribution is 0.551. The molecule has 30 heavy (non-hydrogen) atoms. The lowest BCUT2D eigenvalue weighted by Crippen LogP contribution is -2.29. The molecule has 0 radical (unpaired) electrons.